The zero-order valence-electron chi connectivity index (χ0n) is 11.9. The van der Waals surface area contributed by atoms with Gasteiger partial charge in [-0.25, -0.2) is 0 Å². The second-order valence-electron chi connectivity index (χ2n) is 5.76. The number of ether oxygens (including phenoxy) is 2. The average molecular weight is 254 g/mol. The molecule has 0 aliphatic heterocycles. The van der Waals surface area contributed by atoms with Gasteiger partial charge in [0, 0.05) is 13.5 Å². The van der Waals surface area contributed by atoms with Gasteiger partial charge in [0.25, 0.3) is 0 Å². The van der Waals surface area contributed by atoms with Gasteiger partial charge in [0.15, 0.2) is 0 Å². The highest BCUT2D eigenvalue weighted by atomic mass is 16.5. The zero-order valence-corrected chi connectivity index (χ0v) is 11.9. The quantitative estimate of drug-likeness (QED) is 0.756. The van der Waals surface area contributed by atoms with E-state index in [1.807, 2.05) is 0 Å². The summed E-state index contributed by atoms with van der Waals surface area (Å²) in [4.78, 5) is 11.9. The van der Waals surface area contributed by atoms with Crippen LogP contribution in [0.2, 0.25) is 0 Å². The average Bonchev–Trinajstić information content (AvgIpc) is 2.40. The van der Waals surface area contributed by atoms with Gasteiger partial charge in [-0.05, 0) is 38.5 Å². The molecule has 0 aromatic carbocycles. The molecule has 2 aliphatic carbocycles. The molecule has 104 valence electrons. The maximum Gasteiger partial charge on any atom is 0.144 e. The van der Waals surface area contributed by atoms with E-state index in [1.54, 1.807) is 7.11 Å². The molecule has 2 saturated carbocycles. The van der Waals surface area contributed by atoms with Crippen LogP contribution in [0.1, 0.15) is 58.8 Å². The van der Waals surface area contributed by atoms with Crippen LogP contribution in [0.4, 0.5) is 0 Å². The number of methoxy groups -OCH3 is 1. The predicted molar refractivity (Wildman–Crippen MR) is 70.6 cm³/mol. The van der Waals surface area contributed by atoms with Gasteiger partial charge in [-0.3, -0.25) is 4.79 Å². The lowest BCUT2D eigenvalue weighted by Gasteiger charge is -2.48. The molecule has 0 radical (unpaired) electrons. The fourth-order valence-electron chi connectivity index (χ4n) is 3.57. The van der Waals surface area contributed by atoms with Crippen LogP contribution in [0.25, 0.3) is 0 Å². The van der Waals surface area contributed by atoms with Crippen LogP contribution in [0.5, 0.6) is 0 Å². The number of ketones is 1. The molecule has 0 aromatic rings. The van der Waals surface area contributed by atoms with Crippen molar-refractivity contribution in [2.75, 3.05) is 7.11 Å². The van der Waals surface area contributed by atoms with Crippen molar-refractivity contribution in [2.45, 2.75) is 77.1 Å². The Kier molecular flexibility index (Phi) is 4.44. The number of Topliss-reactive ketones (excluding diaryl/α,β-unsaturated/α-hetero) is 1. The molecule has 0 N–H and O–H groups in total. The topological polar surface area (TPSA) is 35.5 Å². The van der Waals surface area contributed by atoms with Gasteiger partial charge in [0.2, 0.25) is 0 Å². The van der Waals surface area contributed by atoms with Crippen molar-refractivity contribution in [3.05, 3.63) is 0 Å². The molecule has 2 aliphatic rings. The van der Waals surface area contributed by atoms with E-state index in [0.717, 1.165) is 32.1 Å². The van der Waals surface area contributed by atoms with Gasteiger partial charge in [-0.1, -0.05) is 13.8 Å². The van der Waals surface area contributed by atoms with Gasteiger partial charge >= 0.3 is 0 Å². The molecule has 3 unspecified atom stereocenters. The molecule has 2 fully saturated rings. The molecule has 0 saturated heterocycles. The van der Waals surface area contributed by atoms with Crippen LogP contribution >= 0.6 is 0 Å². The lowest BCUT2D eigenvalue weighted by molar-refractivity contribution is -0.179. The Balaban J connectivity index is 1.91. The number of carbonyl (C=O) groups excluding carboxylic acids is 1. The smallest absolute Gasteiger partial charge is 0.144 e. The first-order valence-electron chi connectivity index (χ1n) is 7.37. The van der Waals surface area contributed by atoms with Crippen LogP contribution < -0.4 is 0 Å². The van der Waals surface area contributed by atoms with Gasteiger partial charge in [0.1, 0.15) is 5.78 Å². The number of hydrogen-bond acceptors (Lipinski definition) is 3. The third-order valence-corrected chi connectivity index (χ3v) is 5.07. The minimum atomic E-state index is -0.181. The van der Waals surface area contributed by atoms with Crippen molar-refractivity contribution in [3.8, 4) is 0 Å². The van der Waals surface area contributed by atoms with Gasteiger partial charge < -0.3 is 9.47 Å². The Labute approximate surface area is 110 Å². The third-order valence-electron chi connectivity index (χ3n) is 5.07. The van der Waals surface area contributed by atoms with Crippen molar-refractivity contribution in [1.82, 2.24) is 0 Å². The highest BCUT2D eigenvalue weighted by molar-refractivity contribution is 5.92. The largest absolute Gasteiger partial charge is 0.381 e. The lowest BCUT2D eigenvalue weighted by atomic mass is 9.61. The molecule has 18 heavy (non-hydrogen) atoms. The first kappa shape index (κ1) is 14.0. The summed E-state index contributed by atoms with van der Waals surface area (Å²) in [6.45, 7) is 4.21. The molecule has 0 amide bonds. The van der Waals surface area contributed by atoms with E-state index in [1.165, 1.54) is 6.42 Å². The summed E-state index contributed by atoms with van der Waals surface area (Å²) in [6, 6.07) is 0. The second-order valence-corrected chi connectivity index (χ2v) is 5.76. The Morgan fingerprint density at radius 1 is 1.22 bits per heavy atom. The molecule has 3 heteroatoms. The molecular formula is C15H26O3. The van der Waals surface area contributed by atoms with Crippen molar-refractivity contribution in [3.63, 3.8) is 0 Å². The monoisotopic (exact) mass is 254 g/mol. The van der Waals surface area contributed by atoms with Crippen LogP contribution in [0.3, 0.4) is 0 Å². The second kappa shape index (κ2) is 5.70. The maximum atomic E-state index is 11.9. The zero-order chi connectivity index (χ0) is 13.2. The molecule has 0 aromatic heterocycles. The van der Waals surface area contributed by atoms with E-state index in [9.17, 15) is 4.79 Å². The Hall–Kier alpha value is -0.410. The normalized spacial score (nSPS) is 35.3. The summed E-state index contributed by atoms with van der Waals surface area (Å²) >= 11 is 0. The van der Waals surface area contributed by atoms with Crippen LogP contribution in [0.15, 0.2) is 0 Å². The summed E-state index contributed by atoms with van der Waals surface area (Å²) in [7, 11) is 1.78. The molecule has 0 heterocycles. The molecule has 0 spiro atoms. The van der Waals surface area contributed by atoms with Gasteiger partial charge in [-0.2, -0.15) is 0 Å². The number of rotatable bonds is 5. The van der Waals surface area contributed by atoms with E-state index in [2.05, 4.69) is 13.8 Å². The maximum absolute atomic E-state index is 11.9. The summed E-state index contributed by atoms with van der Waals surface area (Å²) in [6.07, 6.45) is 7.66. The number of hydrogen-bond donors (Lipinski definition) is 0. The Morgan fingerprint density at radius 2 is 1.89 bits per heavy atom. The molecule has 2 rings (SSSR count). The van der Waals surface area contributed by atoms with Crippen molar-refractivity contribution < 1.29 is 14.3 Å². The Bertz CT molecular complexity index is 296. The fraction of sp³-hybridized carbons (Fsp3) is 0.933. The molecule has 3 nitrogen and oxygen atoms in total. The van der Waals surface area contributed by atoms with Crippen LogP contribution in [0, 0.1) is 5.41 Å². The van der Waals surface area contributed by atoms with E-state index in [4.69, 9.17) is 9.47 Å². The van der Waals surface area contributed by atoms with Crippen LogP contribution in [-0.2, 0) is 14.3 Å². The highest BCUT2D eigenvalue weighted by Gasteiger charge is 2.53. The van der Waals surface area contributed by atoms with E-state index >= 15 is 0 Å². The standard InChI is InChI=1S/C15H26O3/c1-4-15(5-2)13(16)10-14(15)18-12-8-6-7-11(9-12)17-3/h11-12,14H,4-10H2,1-3H3. The van der Waals surface area contributed by atoms with Crippen LogP contribution in [-0.4, -0.2) is 31.2 Å². The molecule has 3 atom stereocenters. The first-order valence-corrected chi connectivity index (χ1v) is 7.37. The van der Waals surface area contributed by atoms with E-state index in [0.29, 0.717) is 24.4 Å². The lowest BCUT2D eigenvalue weighted by Crippen LogP contribution is -2.56. The highest BCUT2D eigenvalue weighted by Crippen LogP contribution is 2.46. The van der Waals surface area contributed by atoms with Gasteiger partial charge in [-0.15, -0.1) is 0 Å². The SMILES string of the molecule is CCC1(CC)C(=O)CC1OC1CCCC(OC)C1. The number of carbonyl (C=O) groups is 1. The fourth-order valence-corrected chi connectivity index (χ4v) is 3.57. The first-order chi connectivity index (χ1) is 8.66. The molecule has 0 bridgehead atoms. The predicted octanol–water partition coefficient (Wildman–Crippen LogP) is 3.11. The summed E-state index contributed by atoms with van der Waals surface area (Å²) < 4.78 is 11.7. The van der Waals surface area contributed by atoms with Gasteiger partial charge in [0.05, 0.1) is 23.7 Å². The van der Waals surface area contributed by atoms with Crippen molar-refractivity contribution in [2.24, 2.45) is 5.41 Å². The van der Waals surface area contributed by atoms with Crippen molar-refractivity contribution >= 4 is 5.78 Å². The summed E-state index contributed by atoms with van der Waals surface area (Å²) in [5.41, 5.74) is -0.181. The Morgan fingerprint density at radius 3 is 2.44 bits per heavy atom. The van der Waals surface area contributed by atoms with E-state index in [-0.39, 0.29) is 11.5 Å². The minimum Gasteiger partial charge on any atom is -0.381 e. The summed E-state index contributed by atoms with van der Waals surface area (Å²) in [5.74, 6) is 0.400. The van der Waals surface area contributed by atoms with E-state index < -0.39 is 0 Å². The third kappa shape index (κ3) is 2.35. The summed E-state index contributed by atoms with van der Waals surface area (Å²) in [5, 5.41) is 0. The van der Waals surface area contributed by atoms with Crippen molar-refractivity contribution in [1.29, 1.82) is 0 Å². The minimum absolute atomic E-state index is 0.153. The molecular weight excluding hydrogens is 228 g/mol.